The second kappa shape index (κ2) is 10.8. The second-order valence-corrected chi connectivity index (χ2v) is 31.0. The van der Waals surface area contributed by atoms with E-state index in [9.17, 15) is 0 Å². The van der Waals surface area contributed by atoms with Crippen molar-refractivity contribution < 1.29 is 0 Å². The summed E-state index contributed by atoms with van der Waals surface area (Å²) in [6.07, 6.45) is 0. The third-order valence-electron chi connectivity index (χ3n) is 2.63. The molecule has 8 bridgehead atoms. The molecule has 5 aliphatic rings. The molecule has 0 aromatic heterocycles. The van der Waals surface area contributed by atoms with Gasteiger partial charge in [-0.15, -0.1) is 85.2 Å². The first-order valence-corrected chi connectivity index (χ1v) is 23.0. The molecule has 0 aromatic rings. The van der Waals surface area contributed by atoms with Crippen molar-refractivity contribution in [2.24, 2.45) is 0 Å². The minimum Gasteiger partial charge on any atom is -0.207 e. The zero-order valence-corrected chi connectivity index (χ0v) is 24.2. The number of fused-ring (bicyclic) bond motifs is 8. The van der Waals surface area contributed by atoms with E-state index in [4.69, 9.17) is 0 Å². The van der Waals surface area contributed by atoms with Gasteiger partial charge in [-0.2, -0.15) is 0 Å². The maximum absolute atomic E-state index is 2.19. The van der Waals surface area contributed by atoms with Gasteiger partial charge in [0.25, 0.3) is 0 Å². The molecule has 5 rings (SSSR count). The standard InChI is InChI=1S/B8S16/c9-1-13-3-10-4(20-19-3)15-7-12-8(24-23-7)16-6-11-5(21-22-6)14-2(9)18-17-1. The highest BCUT2D eigenvalue weighted by Crippen LogP contribution is 2.66. The van der Waals surface area contributed by atoms with E-state index in [0.717, 1.165) is 0 Å². The van der Waals surface area contributed by atoms with Crippen LogP contribution in [0.5, 0.6) is 0 Å². The van der Waals surface area contributed by atoms with Crippen molar-refractivity contribution in [3.8, 4) is 0 Å². The van der Waals surface area contributed by atoms with Gasteiger partial charge in [0.05, 0.1) is 0 Å². The van der Waals surface area contributed by atoms with E-state index in [1.807, 2.05) is 0 Å². The maximum atomic E-state index is 2.19. The Balaban J connectivity index is 1.27. The SMILES string of the molecule is S1SB2SB1SB1SSB(S1)SB1SSB(S1)SB1SSB(S1)S2. The minimum absolute atomic E-state index is 0.708. The lowest BCUT2D eigenvalue weighted by molar-refractivity contribution is 4.31. The first-order chi connectivity index (χ1) is 11.8. The minimum atomic E-state index is 0.708. The maximum Gasteiger partial charge on any atom is 0.334 e. The predicted octanol–water partition coefficient (Wildman–Crippen LogP) is 7.32. The van der Waals surface area contributed by atoms with Gasteiger partial charge >= 0.3 is 36.4 Å². The van der Waals surface area contributed by atoms with Gasteiger partial charge in [0.15, 0.2) is 0 Å². The molecule has 0 nitrogen and oxygen atoms in total. The quantitative estimate of drug-likeness (QED) is 0.201. The highest BCUT2D eigenvalue weighted by molar-refractivity contribution is 9.37. The van der Waals surface area contributed by atoms with Crippen LogP contribution in [0.4, 0.5) is 0 Å². The fraction of sp³-hybridized carbons (Fsp3) is 0. The third-order valence-corrected chi connectivity index (χ3v) is 35.0. The summed E-state index contributed by atoms with van der Waals surface area (Å²) in [6, 6.07) is 0. The number of hydrogen-bond acceptors (Lipinski definition) is 16. The molecule has 5 fully saturated rings. The molecule has 5 saturated heterocycles. The Bertz CT molecular complexity index is 336. The highest BCUT2D eigenvalue weighted by atomic mass is 33.1. The summed E-state index contributed by atoms with van der Waals surface area (Å²) in [4.78, 5) is 0. The van der Waals surface area contributed by atoms with Gasteiger partial charge in [-0.1, -0.05) is 0 Å². The average Bonchev–Trinajstić information content (AvgIpc) is 3.32. The van der Waals surface area contributed by atoms with Crippen molar-refractivity contribution in [1.82, 2.24) is 0 Å². The van der Waals surface area contributed by atoms with Gasteiger partial charge in [-0.3, -0.25) is 0 Å². The third kappa shape index (κ3) is 6.12. The van der Waals surface area contributed by atoms with Crippen LogP contribution in [-0.2, 0) is 0 Å². The topological polar surface area (TPSA) is 0 Å². The summed E-state index contributed by atoms with van der Waals surface area (Å²) in [5.74, 6) is 0. The molecule has 120 valence electrons. The first kappa shape index (κ1) is 21.9. The normalized spacial score (nSPS) is 28.0. The fourth-order valence-corrected chi connectivity index (χ4v) is 41.5. The van der Waals surface area contributed by atoms with Crippen LogP contribution in [-0.4, -0.2) is 36.4 Å². The van der Waals surface area contributed by atoms with Gasteiger partial charge < -0.3 is 0 Å². The number of rotatable bonds is 0. The monoisotopic (exact) mass is 600 g/mol. The lowest BCUT2D eigenvalue weighted by Gasteiger charge is -2.11. The molecule has 0 amide bonds. The molecule has 24 heteroatoms. The largest absolute Gasteiger partial charge is 0.334 e. The Morgan fingerprint density at radius 1 is 0.208 bits per heavy atom. The van der Waals surface area contributed by atoms with Crippen LogP contribution in [0.1, 0.15) is 0 Å². The van der Waals surface area contributed by atoms with E-state index in [1.54, 1.807) is 0 Å². The van der Waals surface area contributed by atoms with E-state index in [1.165, 1.54) is 0 Å². The summed E-state index contributed by atoms with van der Waals surface area (Å²) < 4.78 is 5.66. The van der Waals surface area contributed by atoms with Crippen molar-refractivity contribution in [2.75, 3.05) is 0 Å². The molecule has 0 radical (unpaired) electrons. The van der Waals surface area contributed by atoms with Crippen molar-refractivity contribution in [2.45, 2.75) is 0 Å². The lowest BCUT2D eigenvalue weighted by Crippen LogP contribution is -2.10. The zero-order chi connectivity index (χ0) is 15.9. The molecule has 0 unspecified atom stereocenters. The second-order valence-electron chi connectivity index (χ2n) is 4.17. The number of hydrogen-bond donors (Lipinski definition) is 0. The summed E-state index contributed by atoms with van der Waals surface area (Å²) in [6.45, 7) is 0. The molecule has 0 N–H and O–H groups in total. The van der Waals surface area contributed by atoms with E-state index in [0.29, 0.717) is 36.4 Å². The van der Waals surface area contributed by atoms with Crippen LogP contribution in [0.2, 0.25) is 0 Å². The molecular weight excluding hydrogens is 600 g/mol. The van der Waals surface area contributed by atoms with Crippen LogP contribution in [0, 0.1) is 0 Å². The van der Waals surface area contributed by atoms with Crippen molar-refractivity contribution >= 4 is 213 Å². The molecule has 24 heavy (non-hydrogen) atoms. The summed E-state index contributed by atoms with van der Waals surface area (Å²) in [5.41, 5.74) is 0. The van der Waals surface area contributed by atoms with Crippen molar-refractivity contribution in [1.29, 1.82) is 0 Å². The summed E-state index contributed by atoms with van der Waals surface area (Å²) in [7, 11) is 16.8. The van der Waals surface area contributed by atoms with Crippen molar-refractivity contribution in [3.63, 3.8) is 0 Å². The fourth-order valence-electron chi connectivity index (χ4n) is 1.71. The van der Waals surface area contributed by atoms with Crippen LogP contribution < -0.4 is 0 Å². The Hall–Kier alpha value is 6.12. The Morgan fingerprint density at radius 3 is 0.458 bits per heavy atom. The molecular formula is B8S16. The van der Waals surface area contributed by atoms with Crippen LogP contribution in [0.3, 0.4) is 0 Å². The van der Waals surface area contributed by atoms with Crippen LogP contribution in [0.15, 0.2) is 0 Å². The molecule has 5 heterocycles. The smallest absolute Gasteiger partial charge is 0.207 e. The van der Waals surface area contributed by atoms with Gasteiger partial charge in [0.1, 0.15) is 0 Å². The zero-order valence-electron chi connectivity index (χ0n) is 11.2. The van der Waals surface area contributed by atoms with Crippen LogP contribution >= 0.6 is 177 Å². The Morgan fingerprint density at radius 2 is 0.333 bits per heavy atom. The predicted molar refractivity (Wildman–Crippen MR) is 167 cm³/mol. The lowest BCUT2D eigenvalue weighted by atomic mass is 10.6. The van der Waals surface area contributed by atoms with Gasteiger partial charge in [-0.05, 0) is 0 Å². The van der Waals surface area contributed by atoms with E-state index in [2.05, 4.69) is 177 Å². The van der Waals surface area contributed by atoms with Gasteiger partial charge in [0, 0.05) is 0 Å². The van der Waals surface area contributed by atoms with Crippen LogP contribution in [0.25, 0.3) is 0 Å². The summed E-state index contributed by atoms with van der Waals surface area (Å²) in [5, 5.41) is 0. The van der Waals surface area contributed by atoms with Gasteiger partial charge in [0.2, 0.25) is 0 Å². The molecule has 0 aromatic carbocycles. The molecule has 0 atom stereocenters. The summed E-state index contributed by atoms with van der Waals surface area (Å²) >= 11 is 17.5. The van der Waals surface area contributed by atoms with E-state index < -0.39 is 0 Å². The molecule has 0 aliphatic carbocycles. The van der Waals surface area contributed by atoms with E-state index >= 15 is 0 Å². The Kier molecular flexibility index (Phi) is 9.90. The first-order valence-electron chi connectivity index (χ1n) is 6.32. The average molecular weight is 600 g/mol. The molecule has 0 saturated carbocycles. The van der Waals surface area contributed by atoms with E-state index in [-0.39, 0.29) is 0 Å². The Labute approximate surface area is 209 Å². The van der Waals surface area contributed by atoms with Crippen molar-refractivity contribution in [3.05, 3.63) is 0 Å². The molecule has 5 aliphatic heterocycles. The molecule has 0 spiro atoms. The highest BCUT2D eigenvalue weighted by Gasteiger charge is 2.48. The van der Waals surface area contributed by atoms with Gasteiger partial charge in [-0.25, -0.2) is 91.7 Å².